The van der Waals surface area contributed by atoms with Gasteiger partial charge in [0.25, 0.3) is 0 Å². The van der Waals surface area contributed by atoms with Gasteiger partial charge in [-0.15, -0.1) is 24.0 Å². The van der Waals surface area contributed by atoms with Crippen LogP contribution in [-0.4, -0.2) is 27.2 Å². The molecule has 136 valence electrons. The van der Waals surface area contributed by atoms with Gasteiger partial charge in [0.05, 0.1) is 13.7 Å². The number of halogens is 1. The molecule has 0 bridgehead atoms. The van der Waals surface area contributed by atoms with E-state index in [2.05, 4.69) is 33.8 Å². The van der Waals surface area contributed by atoms with Crippen molar-refractivity contribution in [3.63, 3.8) is 0 Å². The number of benzene rings is 2. The summed E-state index contributed by atoms with van der Waals surface area (Å²) in [7, 11) is 5.14. The van der Waals surface area contributed by atoms with Crippen LogP contribution in [0.15, 0.2) is 53.5 Å². The molecule has 0 amide bonds. The average Bonchev–Trinajstić information content (AvgIpc) is 2.63. The fourth-order valence-electron chi connectivity index (χ4n) is 2.39. The van der Waals surface area contributed by atoms with Crippen LogP contribution in [-0.2, 0) is 24.4 Å². The lowest BCUT2D eigenvalue weighted by molar-refractivity contribution is 0.184. The molecule has 2 aromatic carbocycles. The van der Waals surface area contributed by atoms with Gasteiger partial charge in [0, 0.05) is 27.2 Å². The number of ether oxygens (including phenoxy) is 2. The minimum Gasteiger partial charge on any atom is -0.497 e. The van der Waals surface area contributed by atoms with E-state index in [1.807, 2.05) is 30.3 Å². The SMILES string of the molecule is CN=C(NCc1cccc(OC)c1)NCc1ccccc1COC.I. The monoisotopic (exact) mass is 455 g/mol. The third-order valence-corrected chi connectivity index (χ3v) is 3.68. The van der Waals surface area contributed by atoms with Crippen molar-refractivity contribution in [3.05, 3.63) is 65.2 Å². The Morgan fingerprint density at radius 1 is 0.960 bits per heavy atom. The summed E-state index contributed by atoms with van der Waals surface area (Å²) in [5, 5.41) is 6.65. The van der Waals surface area contributed by atoms with Gasteiger partial charge in [-0.05, 0) is 28.8 Å². The minimum absolute atomic E-state index is 0. The predicted molar refractivity (Wildman–Crippen MR) is 113 cm³/mol. The Labute approximate surface area is 166 Å². The predicted octanol–water partition coefficient (Wildman–Crippen LogP) is 3.32. The minimum atomic E-state index is 0. The lowest BCUT2D eigenvalue weighted by atomic mass is 10.1. The van der Waals surface area contributed by atoms with Gasteiger partial charge in [-0.1, -0.05) is 36.4 Å². The van der Waals surface area contributed by atoms with Crippen molar-refractivity contribution in [3.8, 4) is 5.75 Å². The fourth-order valence-corrected chi connectivity index (χ4v) is 2.39. The Balaban J connectivity index is 0.00000312. The molecule has 0 fully saturated rings. The van der Waals surface area contributed by atoms with Crippen molar-refractivity contribution >= 4 is 29.9 Å². The van der Waals surface area contributed by atoms with Gasteiger partial charge in [-0.25, -0.2) is 0 Å². The number of nitrogens with zero attached hydrogens (tertiary/aromatic N) is 1. The molecule has 0 saturated carbocycles. The number of nitrogens with one attached hydrogen (secondary N) is 2. The molecule has 0 radical (unpaired) electrons. The van der Waals surface area contributed by atoms with E-state index in [0.29, 0.717) is 19.7 Å². The molecular formula is C19H26IN3O2. The highest BCUT2D eigenvalue weighted by molar-refractivity contribution is 14.0. The van der Waals surface area contributed by atoms with Gasteiger partial charge in [-0.3, -0.25) is 4.99 Å². The zero-order valence-corrected chi connectivity index (χ0v) is 17.2. The summed E-state index contributed by atoms with van der Waals surface area (Å²) in [6, 6.07) is 16.2. The second-order valence-corrected chi connectivity index (χ2v) is 5.33. The highest BCUT2D eigenvalue weighted by Gasteiger charge is 2.04. The zero-order chi connectivity index (χ0) is 17.2. The van der Waals surface area contributed by atoms with E-state index in [-0.39, 0.29) is 24.0 Å². The van der Waals surface area contributed by atoms with E-state index >= 15 is 0 Å². The number of guanidine groups is 1. The first-order valence-electron chi connectivity index (χ1n) is 7.90. The topological polar surface area (TPSA) is 54.9 Å². The van der Waals surface area contributed by atoms with Crippen molar-refractivity contribution in [2.24, 2.45) is 4.99 Å². The summed E-state index contributed by atoms with van der Waals surface area (Å²) < 4.78 is 10.5. The van der Waals surface area contributed by atoms with Crippen LogP contribution in [0.3, 0.4) is 0 Å². The van der Waals surface area contributed by atoms with Crippen molar-refractivity contribution in [1.29, 1.82) is 0 Å². The Kier molecular flexibility index (Phi) is 9.94. The average molecular weight is 455 g/mol. The van der Waals surface area contributed by atoms with Crippen LogP contribution in [0.4, 0.5) is 0 Å². The molecule has 6 heteroatoms. The number of rotatable bonds is 7. The number of methoxy groups -OCH3 is 2. The van der Waals surface area contributed by atoms with Crippen molar-refractivity contribution in [2.75, 3.05) is 21.3 Å². The molecule has 0 aliphatic heterocycles. The van der Waals surface area contributed by atoms with E-state index in [0.717, 1.165) is 17.3 Å². The molecule has 25 heavy (non-hydrogen) atoms. The van der Waals surface area contributed by atoms with E-state index in [1.54, 1.807) is 21.3 Å². The summed E-state index contributed by atoms with van der Waals surface area (Å²) in [6.45, 7) is 1.97. The summed E-state index contributed by atoms with van der Waals surface area (Å²) in [5.74, 6) is 1.61. The normalized spacial score (nSPS) is 10.8. The summed E-state index contributed by atoms with van der Waals surface area (Å²) in [6.07, 6.45) is 0. The van der Waals surface area contributed by atoms with Gasteiger partial charge in [-0.2, -0.15) is 0 Å². The van der Waals surface area contributed by atoms with E-state index in [1.165, 1.54) is 11.1 Å². The second-order valence-electron chi connectivity index (χ2n) is 5.33. The first-order chi connectivity index (χ1) is 11.8. The van der Waals surface area contributed by atoms with Gasteiger partial charge in [0.1, 0.15) is 5.75 Å². The maximum Gasteiger partial charge on any atom is 0.191 e. The first kappa shape index (κ1) is 21.2. The number of hydrogen-bond acceptors (Lipinski definition) is 3. The summed E-state index contributed by atoms with van der Waals surface area (Å²) in [5.41, 5.74) is 3.51. The van der Waals surface area contributed by atoms with Crippen LogP contribution < -0.4 is 15.4 Å². The van der Waals surface area contributed by atoms with Crippen LogP contribution in [0.25, 0.3) is 0 Å². The largest absolute Gasteiger partial charge is 0.497 e. The lowest BCUT2D eigenvalue weighted by Gasteiger charge is -2.14. The molecule has 0 unspecified atom stereocenters. The first-order valence-corrected chi connectivity index (χ1v) is 7.90. The Hall–Kier alpha value is -1.80. The molecular weight excluding hydrogens is 429 g/mol. The molecule has 0 heterocycles. The standard InChI is InChI=1S/C19H25N3O2.HI/c1-20-19(21-12-15-7-6-10-18(11-15)24-3)22-13-16-8-4-5-9-17(16)14-23-2;/h4-11H,12-14H2,1-3H3,(H2,20,21,22);1H. The Morgan fingerprint density at radius 2 is 1.68 bits per heavy atom. The van der Waals surface area contributed by atoms with Crippen LogP contribution in [0.1, 0.15) is 16.7 Å². The van der Waals surface area contributed by atoms with Crippen molar-refractivity contribution < 1.29 is 9.47 Å². The van der Waals surface area contributed by atoms with E-state index < -0.39 is 0 Å². The third kappa shape index (κ3) is 6.91. The van der Waals surface area contributed by atoms with E-state index in [9.17, 15) is 0 Å². The van der Waals surface area contributed by atoms with Crippen molar-refractivity contribution in [1.82, 2.24) is 10.6 Å². The second kappa shape index (κ2) is 11.7. The molecule has 0 saturated heterocycles. The number of aliphatic imine (C=N–C) groups is 1. The Morgan fingerprint density at radius 3 is 2.36 bits per heavy atom. The van der Waals surface area contributed by atoms with Gasteiger partial charge in [0.2, 0.25) is 0 Å². The van der Waals surface area contributed by atoms with Crippen molar-refractivity contribution in [2.45, 2.75) is 19.7 Å². The van der Waals surface area contributed by atoms with Gasteiger partial charge in [0.15, 0.2) is 5.96 Å². The third-order valence-electron chi connectivity index (χ3n) is 3.68. The van der Waals surface area contributed by atoms with Crippen LogP contribution in [0.5, 0.6) is 5.75 Å². The molecule has 2 aromatic rings. The maximum absolute atomic E-state index is 5.24. The summed E-state index contributed by atoms with van der Waals surface area (Å²) in [4.78, 5) is 4.27. The highest BCUT2D eigenvalue weighted by atomic mass is 127. The highest BCUT2D eigenvalue weighted by Crippen LogP contribution is 2.12. The molecule has 0 aliphatic rings. The molecule has 0 aromatic heterocycles. The van der Waals surface area contributed by atoms with Gasteiger partial charge >= 0.3 is 0 Å². The Bertz CT molecular complexity index is 677. The number of hydrogen-bond donors (Lipinski definition) is 2. The molecule has 5 nitrogen and oxygen atoms in total. The molecule has 0 atom stereocenters. The quantitative estimate of drug-likeness (QED) is 0.382. The molecule has 2 N–H and O–H groups in total. The maximum atomic E-state index is 5.24. The smallest absolute Gasteiger partial charge is 0.191 e. The summed E-state index contributed by atoms with van der Waals surface area (Å²) >= 11 is 0. The van der Waals surface area contributed by atoms with E-state index in [4.69, 9.17) is 9.47 Å². The molecule has 2 rings (SSSR count). The van der Waals surface area contributed by atoms with Crippen LogP contribution in [0, 0.1) is 0 Å². The zero-order valence-electron chi connectivity index (χ0n) is 14.9. The van der Waals surface area contributed by atoms with Crippen LogP contribution >= 0.6 is 24.0 Å². The fraction of sp³-hybridized carbons (Fsp3) is 0.316. The lowest BCUT2D eigenvalue weighted by Crippen LogP contribution is -2.36. The van der Waals surface area contributed by atoms with Crippen LogP contribution in [0.2, 0.25) is 0 Å². The van der Waals surface area contributed by atoms with Gasteiger partial charge < -0.3 is 20.1 Å². The molecule has 0 spiro atoms. The molecule has 0 aliphatic carbocycles.